The molecule has 29 heavy (non-hydrogen) atoms. The maximum absolute atomic E-state index is 12.8. The van der Waals surface area contributed by atoms with Crippen molar-refractivity contribution in [2.75, 3.05) is 5.32 Å². The normalized spacial score (nSPS) is 12.9. The molecule has 152 valence electrons. The van der Waals surface area contributed by atoms with E-state index in [4.69, 9.17) is 0 Å². The number of aromatic nitrogens is 2. The minimum absolute atomic E-state index is 0.0248. The summed E-state index contributed by atoms with van der Waals surface area (Å²) in [5, 5.41) is 16.3. The number of thiophene rings is 1. The van der Waals surface area contributed by atoms with Crippen molar-refractivity contribution in [3.05, 3.63) is 58.3 Å². The monoisotopic (exact) mass is 446 g/mol. The van der Waals surface area contributed by atoms with Crippen LogP contribution in [-0.4, -0.2) is 28.1 Å². The number of nitrogens with one attached hydrogen (secondary N) is 2. The average Bonchev–Trinajstić information content (AvgIpc) is 3.42. The van der Waals surface area contributed by atoms with Crippen LogP contribution in [0.5, 0.6) is 0 Å². The van der Waals surface area contributed by atoms with Crippen LogP contribution in [0, 0.1) is 5.92 Å². The molecule has 0 radical (unpaired) electrons. The molecule has 2 N–H and O–H groups in total. The summed E-state index contributed by atoms with van der Waals surface area (Å²) in [4.78, 5) is 26.6. The zero-order chi connectivity index (χ0) is 20.6. The first-order valence-electron chi connectivity index (χ1n) is 9.22. The summed E-state index contributed by atoms with van der Waals surface area (Å²) in [6.07, 6.45) is 0.755. The van der Waals surface area contributed by atoms with Crippen LogP contribution in [0.3, 0.4) is 0 Å². The smallest absolute Gasteiger partial charge is 0.251 e. The SMILES string of the molecule is CCC(C)C(NC(=O)c1ccccc1)C(=O)Nc1nnc(SCc2cccs2)s1. The van der Waals surface area contributed by atoms with Crippen molar-refractivity contribution in [2.45, 2.75) is 36.4 Å². The van der Waals surface area contributed by atoms with E-state index in [1.165, 1.54) is 16.2 Å². The van der Waals surface area contributed by atoms with Gasteiger partial charge in [0.1, 0.15) is 6.04 Å². The first-order valence-corrected chi connectivity index (χ1v) is 11.9. The molecular weight excluding hydrogens is 424 g/mol. The van der Waals surface area contributed by atoms with Crippen molar-refractivity contribution in [3.8, 4) is 0 Å². The lowest BCUT2D eigenvalue weighted by atomic mass is 9.98. The van der Waals surface area contributed by atoms with E-state index in [1.54, 1.807) is 47.4 Å². The van der Waals surface area contributed by atoms with Crippen LogP contribution in [0.25, 0.3) is 0 Å². The van der Waals surface area contributed by atoms with E-state index in [0.717, 1.165) is 16.5 Å². The highest BCUT2D eigenvalue weighted by molar-refractivity contribution is 8.00. The molecule has 0 bridgehead atoms. The highest BCUT2D eigenvalue weighted by atomic mass is 32.2. The molecular formula is C20H22N4O2S3. The molecule has 2 aromatic heterocycles. The number of hydrogen-bond acceptors (Lipinski definition) is 7. The Hall–Kier alpha value is -2.23. The van der Waals surface area contributed by atoms with Gasteiger partial charge in [0.05, 0.1) is 0 Å². The number of nitrogens with zero attached hydrogens (tertiary/aromatic N) is 2. The Bertz CT molecular complexity index is 928. The minimum Gasteiger partial charge on any atom is -0.340 e. The lowest BCUT2D eigenvalue weighted by Gasteiger charge is -2.23. The summed E-state index contributed by atoms with van der Waals surface area (Å²) in [6.45, 7) is 3.93. The Labute approximate surface area is 182 Å². The summed E-state index contributed by atoms with van der Waals surface area (Å²) in [5.41, 5.74) is 0.525. The zero-order valence-electron chi connectivity index (χ0n) is 16.1. The molecule has 3 rings (SSSR count). The van der Waals surface area contributed by atoms with Gasteiger partial charge in [-0.25, -0.2) is 0 Å². The predicted octanol–water partition coefficient (Wildman–Crippen LogP) is 4.68. The van der Waals surface area contributed by atoms with E-state index in [1.807, 2.05) is 31.4 Å². The lowest BCUT2D eigenvalue weighted by Crippen LogP contribution is -2.47. The number of rotatable bonds is 9. The standard InChI is InChI=1S/C20H22N4O2S3/c1-3-13(2)16(21-17(25)14-8-5-4-6-9-14)18(26)22-19-23-24-20(29-19)28-12-15-10-7-11-27-15/h4-11,13,16H,3,12H2,1-2H3,(H,21,25)(H,22,23,26). The molecule has 0 aliphatic rings. The number of thioether (sulfide) groups is 1. The summed E-state index contributed by atoms with van der Waals surface area (Å²) in [7, 11) is 0. The molecule has 0 spiro atoms. The Morgan fingerprint density at radius 1 is 1.14 bits per heavy atom. The molecule has 2 atom stereocenters. The Balaban J connectivity index is 1.61. The fourth-order valence-electron chi connectivity index (χ4n) is 2.55. The second-order valence-electron chi connectivity index (χ2n) is 6.43. The van der Waals surface area contributed by atoms with Gasteiger partial charge >= 0.3 is 0 Å². The van der Waals surface area contributed by atoms with Crippen molar-refractivity contribution in [3.63, 3.8) is 0 Å². The molecule has 1 aromatic carbocycles. The summed E-state index contributed by atoms with van der Waals surface area (Å²) in [5.74, 6) is 0.247. The van der Waals surface area contributed by atoms with Crippen molar-refractivity contribution >= 4 is 51.4 Å². The molecule has 2 heterocycles. The molecule has 2 amide bonds. The number of carbonyl (C=O) groups is 2. The Kier molecular flexibility index (Phi) is 7.79. The number of amides is 2. The van der Waals surface area contributed by atoms with Crippen molar-refractivity contribution in [1.29, 1.82) is 0 Å². The topological polar surface area (TPSA) is 84.0 Å². The maximum Gasteiger partial charge on any atom is 0.251 e. The molecule has 3 aromatic rings. The van der Waals surface area contributed by atoms with Crippen LogP contribution in [0.2, 0.25) is 0 Å². The predicted molar refractivity (Wildman–Crippen MR) is 120 cm³/mol. The Morgan fingerprint density at radius 3 is 2.62 bits per heavy atom. The van der Waals surface area contributed by atoms with Crippen molar-refractivity contribution in [2.24, 2.45) is 5.92 Å². The maximum atomic E-state index is 12.8. The van der Waals surface area contributed by atoms with Gasteiger partial charge < -0.3 is 5.32 Å². The van der Waals surface area contributed by atoms with Gasteiger partial charge in [0.25, 0.3) is 5.91 Å². The van der Waals surface area contributed by atoms with Gasteiger partial charge in [0.2, 0.25) is 11.0 Å². The Morgan fingerprint density at radius 2 is 1.93 bits per heavy atom. The van der Waals surface area contributed by atoms with Crippen LogP contribution in [0.15, 0.2) is 52.2 Å². The fourth-order valence-corrected chi connectivity index (χ4v) is 5.07. The summed E-state index contributed by atoms with van der Waals surface area (Å²) in [6, 6.07) is 12.3. The van der Waals surface area contributed by atoms with Gasteiger partial charge in [-0.2, -0.15) is 0 Å². The fraction of sp³-hybridized carbons (Fsp3) is 0.300. The summed E-state index contributed by atoms with van der Waals surface area (Å²) < 4.78 is 0.794. The summed E-state index contributed by atoms with van der Waals surface area (Å²) >= 11 is 4.62. The zero-order valence-corrected chi connectivity index (χ0v) is 18.6. The van der Waals surface area contributed by atoms with Crippen LogP contribution in [-0.2, 0) is 10.5 Å². The minimum atomic E-state index is -0.654. The van der Waals surface area contributed by atoms with Crippen LogP contribution in [0.1, 0.15) is 35.5 Å². The molecule has 6 nitrogen and oxygen atoms in total. The van der Waals surface area contributed by atoms with Crippen LogP contribution >= 0.6 is 34.4 Å². The third-order valence-corrected chi connectivity index (χ3v) is 7.45. The largest absolute Gasteiger partial charge is 0.340 e. The van der Waals surface area contributed by atoms with Gasteiger partial charge in [0.15, 0.2) is 4.34 Å². The van der Waals surface area contributed by atoms with Crippen LogP contribution in [0.4, 0.5) is 5.13 Å². The molecule has 9 heteroatoms. The van der Waals surface area contributed by atoms with E-state index in [0.29, 0.717) is 10.7 Å². The number of benzene rings is 1. The lowest BCUT2D eigenvalue weighted by molar-refractivity contribution is -0.119. The van der Waals surface area contributed by atoms with Crippen LogP contribution < -0.4 is 10.6 Å². The second kappa shape index (κ2) is 10.5. The van der Waals surface area contributed by atoms with Gasteiger partial charge in [0, 0.05) is 16.2 Å². The van der Waals surface area contributed by atoms with Gasteiger partial charge in [-0.3, -0.25) is 14.9 Å². The average molecular weight is 447 g/mol. The highest BCUT2D eigenvalue weighted by Crippen LogP contribution is 2.29. The van der Waals surface area contributed by atoms with Crippen molar-refractivity contribution in [1.82, 2.24) is 15.5 Å². The first-order chi connectivity index (χ1) is 14.1. The van der Waals surface area contributed by atoms with E-state index < -0.39 is 6.04 Å². The van der Waals surface area contributed by atoms with Crippen molar-refractivity contribution < 1.29 is 9.59 Å². The molecule has 0 saturated heterocycles. The van der Waals surface area contributed by atoms with Gasteiger partial charge in [-0.15, -0.1) is 21.5 Å². The second-order valence-corrected chi connectivity index (χ2v) is 9.67. The van der Waals surface area contributed by atoms with E-state index >= 15 is 0 Å². The highest BCUT2D eigenvalue weighted by Gasteiger charge is 2.27. The third-order valence-electron chi connectivity index (χ3n) is 4.37. The number of carbonyl (C=O) groups excluding carboxylic acids is 2. The molecule has 0 saturated carbocycles. The third kappa shape index (κ3) is 6.12. The van der Waals surface area contributed by atoms with Gasteiger partial charge in [-0.05, 0) is 29.5 Å². The number of anilines is 1. The molecule has 0 fully saturated rings. The number of hydrogen-bond donors (Lipinski definition) is 2. The molecule has 0 aliphatic carbocycles. The van der Waals surface area contributed by atoms with E-state index in [2.05, 4.69) is 26.9 Å². The van der Waals surface area contributed by atoms with Gasteiger partial charge in [-0.1, -0.05) is 67.6 Å². The quantitative estimate of drug-likeness (QED) is 0.368. The van der Waals surface area contributed by atoms with E-state index in [-0.39, 0.29) is 17.7 Å². The van der Waals surface area contributed by atoms with E-state index in [9.17, 15) is 9.59 Å². The molecule has 2 unspecified atom stereocenters. The molecule has 0 aliphatic heterocycles. The first kappa shape index (κ1) is 21.5.